The number of anilines is 1. The van der Waals surface area contributed by atoms with E-state index in [9.17, 15) is 13.2 Å². The molecular formula is C23H21N3O4S2. The molecule has 0 spiro atoms. The van der Waals surface area contributed by atoms with Crippen LogP contribution in [0.15, 0.2) is 78.0 Å². The highest BCUT2D eigenvalue weighted by atomic mass is 32.2. The highest BCUT2D eigenvalue weighted by Crippen LogP contribution is 2.31. The van der Waals surface area contributed by atoms with Gasteiger partial charge in [-0.05, 0) is 65.5 Å². The number of aromatic nitrogens is 1. The predicted octanol–water partition coefficient (Wildman–Crippen LogP) is 4.06. The van der Waals surface area contributed by atoms with Crippen LogP contribution in [-0.2, 0) is 16.6 Å². The van der Waals surface area contributed by atoms with Gasteiger partial charge in [0, 0.05) is 30.7 Å². The smallest absolute Gasteiger partial charge is 0.264 e. The van der Waals surface area contributed by atoms with E-state index in [-0.39, 0.29) is 10.8 Å². The molecule has 0 atom stereocenters. The topological polar surface area (TPSA) is 88.6 Å². The van der Waals surface area contributed by atoms with Gasteiger partial charge in [0.05, 0.1) is 22.6 Å². The maximum absolute atomic E-state index is 13.0. The van der Waals surface area contributed by atoms with E-state index in [2.05, 4.69) is 10.3 Å². The van der Waals surface area contributed by atoms with Crippen LogP contribution >= 0.6 is 11.3 Å². The Balaban J connectivity index is 1.54. The van der Waals surface area contributed by atoms with E-state index in [4.69, 9.17) is 4.74 Å². The van der Waals surface area contributed by atoms with Gasteiger partial charge in [0.25, 0.3) is 15.9 Å². The Bertz CT molecular complexity index is 1350. The summed E-state index contributed by atoms with van der Waals surface area (Å²) in [6.07, 6.45) is 3.39. The minimum absolute atomic E-state index is 0.168. The normalized spacial score (nSPS) is 11.3. The third kappa shape index (κ3) is 4.44. The monoisotopic (exact) mass is 467 g/mol. The van der Waals surface area contributed by atoms with E-state index in [1.165, 1.54) is 41.9 Å². The molecule has 0 saturated heterocycles. The Labute approximate surface area is 190 Å². The summed E-state index contributed by atoms with van der Waals surface area (Å²) in [6, 6.07) is 17.1. The zero-order chi connectivity index (χ0) is 22.7. The Morgan fingerprint density at radius 2 is 1.91 bits per heavy atom. The van der Waals surface area contributed by atoms with Crippen LogP contribution in [-0.4, -0.2) is 33.5 Å². The van der Waals surface area contributed by atoms with Crippen LogP contribution in [0.2, 0.25) is 0 Å². The number of nitrogens with zero attached hydrogens (tertiary/aromatic N) is 2. The summed E-state index contributed by atoms with van der Waals surface area (Å²) in [7, 11) is -0.703. The van der Waals surface area contributed by atoms with E-state index in [1.54, 1.807) is 42.7 Å². The lowest BCUT2D eigenvalue weighted by Crippen LogP contribution is -2.26. The van der Waals surface area contributed by atoms with Crippen molar-refractivity contribution in [3.8, 4) is 5.75 Å². The Hall–Kier alpha value is -3.43. The van der Waals surface area contributed by atoms with Gasteiger partial charge in [-0.25, -0.2) is 8.42 Å². The number of pyridine rings is 1. The van der Waals surface area contributed by atoms with Gasteiger partial charge in [-0.3, -0.25) is 14.1 Å². The minimum atomic E-state index is -3.74. The van der Waals surface area contributed by atoms with Crippen molar-refractivity contribution in [2.24, 2.45) is 0 Å². The summed E-state index contributed by atoms with van der Waals surface area (Å²) in [5, 5.41) is 3.69. The standard InChI is InChI=1S/C23H21N3O4S2/c1-26(32(28,29)20-8-6-19(30-2)7-9-20)18-5-10-21-17(12-18)13-22(31-21)23(27)25-15-16-4-3-11-24-14-16/h3-14H,15H2,1-2H3,(H,25,27). The van der Waals surface area contributed by atoms with Crippen LogP contribution in [0.5, 0.6) is 5.75 Å². The first-order valence-corrected chi connectivity index (χ1v) is 12.0. The number of benzene rings is 2. The molecule has 9 heteroatoms. The van der Waals surface area contributed by atoms with E-state index in [0.717, 1.165) is 15.6 Å². The Morgan fingerprint density at radius 1 is 1.12 bits per heavy atom. The number of rotatable bonds is 7. The summed E-state index contributed by atoms with van der Waals surface area (Å²) < 4.78 is 33.3. The van der Waals surface area contributed by atoms with Gasteiger partial charge < -0.3 is 10.1 Å². The van der Waals surface area contributed by atoms with Crippen molar-refractivity contribution in [1.82, 2.24) is 10.3 Å². The van der Waals surface area contributed by atoms with Crippen LogP contribution in [0.4, 0.5) is 5.69 Å². The van der Waals surface area contributed by atoms with Gasteiger partial charge in [0.2, 0.25) is 0 Å². The second-order valence-electron chi connectivity index (χ2n) is 7.02. The molecule has 0 aliphatic carbocycles. The second-order valence-corrected chi connectivity index (χ2v) is 10.1. The quantitative estimate of drug-likeness (QED) is 0.443. The second kappa shape index (κ2) is 8.97. The lowest BCUT2D eigenvalue weighted by atomic mass is 10.2. The van der Waals surface area contributed by atoms with Crippen molar-refractivity contribution in [2.45, 2.75) is 11.4 Å². The molecule has 1 amide bonds. The number of ether oxygens (including phenoxy) is 1. The van der Waals surface area contributed by atoms with Gasteiger partial charge in [-0.2, -0.15) is 0 Å². The van der Waals surface area contributed by atoms with Crippen LogP contribution in [0.25, 0.3) is 10.1 Å². The van der Waals surface area contributed by atoms with Gasteiger partial charge in [-0.1, -0.05) is 6.07 Å². The molecule has 164 valence electrons. The fourth-order valence-electron chi connectivity index (χ4n) is 3.16. The number of amides is 1. The average Bonchev–Trinajstić information content (AvgIpc) is 3.26. The van der Waals surface area contributed by atoms with Gasteiger partial charge in [0.15, 0.2) is 0 Å². The van der Waals surface area contributed by atoms with Gasteiger partial charge in [-0.15, -0.1) is 11.3 Å². The first-order chi connectivity index (χ1) is 15.4. The third-order valence-electron chi connectivity index (χ3n) is 4.98. The van der Waals surface area contributed by atoms with E-state index >= 15 is 0 Å². The van der Waals surface area contributed by atoms with Crippen LogP contribution in [0.1, 0.15) is 15.2 Å². The third-order valence-corrected chi connectivity index (χ3v) is 7.90. The molecule has 2 aromatic heterocycles. The van der Waals surface area contributed by atoms with Crippen molar-refractivity contribution in [2.75, 3.05) is 18.5 Å². The number of hydrogen-bond donors (Lipinski definition) is 1. The predicted molar refractivity (Wildman–Crippen MR) is 126 cm³/mol. The zero-order valence-corrected chi connectivity index (χ0v) is 19.1. The first-order valence-electron chi connectivity index (χ1n) is 9.72. The molecule has 1 N–H and O–H groups in total. The number of carbonyl (C=O) groups excluding carboxylic acids is 1. The maximum Gasteiger partial charge on any atom is 0.264 e. The molecule has 0 aliphatic heterocycles. The summed E-state index contributed by atoms with van der Waals surface area (Å²) in [4.78, 5) is 17.3. The van der Waals surface area contributed by atoms with Crippen molar-refractivity contribution in [3.63, 3.8) is 0 Å². The first kappa shape index (κ1) is 21.8. The molecule has 0 fully saturated rings. The number of hydrogen-bond acceptors (Lipinski definition) is 6. The summed E-state index contributed by atoms with van der Waals surface area (Å²) in [5.74, 6) is 0.399. The molecule has 2 aromatic carbocycles. The molecule has 0 unspecified atom stereocenters. The molecule has 0 bridgehead atoms. The zero-order valence-electron chi connectivity index (χ0n) is 17.5. The molecule has 2 heterocycles. The van der Waals surface area contributed by atoms with Crippen molar-refractivity contribution < 1.29 is 17.9 Å². The highest BCUT2D eigenvalue weighted by molar-refractivity contribution is 7.92. The van der Waals surface area contributed by atoms with Crippen molar-refractivity contribution >= 4 is 43.0 Å². The fraction of sp³-hybridized carbons (Fsp3) is 0.130. The lowest BCUT2D eigenvalue weighted by molar-refractivity contribution is 0.0955. The molecule has 32 heavy (non-hydrogen) atoms. The Morgan fingerprint density at radius 3 is 2.59 bits per heavy atom. The molecule has 0 aliphatic rings. The van der Waals surface area contributed by atoms with Crippen molar-refractivity contribution in [3.05, 3.63) is 83.5 Å². The molecular weight excluding hydrogens is 446 g/mol. The Kier molecular flexibility index (Phi) is 6.11. The SMILES string of the molecule is COc1ccc(S(=O)(=O)N(C)c2ccc3sc(C(=O)NCc4cccnc4)cc3c2)cc1. The average molecular weight is 468 g/mol. The van der Waals surface area contributed by atoms with Crippen LogP contribution in [0, 0.1) is 0 Å². The largest absolute Gasteiger partial charge is 0.497 e. The van der Waals surface area contributed by atoms with Gasteiger partial charge in [0.1, 0.15) is 5.75 Å². The summed E-state index contributed by atoms with van der Waals surface area (Å²) in [5.41, 5.74) is 1.42. The minimum Gasteiger partial charge on any atom is -0.497 e. The number of fused-ring (bicyclic) bond motifs is 1. The number of carbonyl (C=O) groups is 1. The van der Waals surface area contributed by atoms with E-state index in [0.29, 0.717) is 22.9 Å². The number of sulfonamides is 1. The molecule has 4 aromatic rings. The van der Waals surface area contributed by atoms with E-state index in [1.807, 2.05) is 18.2 Å². The lowest BCUT2D eigenvalue weighted by Gasteiger charge is -2.19. The van der Waals surface area contributed by atoms with E-state index < -0.39 is 10.0 Å². The summed E-state index contributed by atoms with van der Waals surface area (Å²) >= 11 is 1.36. The maximum atomic E-state index is 13.0. The van der Waals surface area contributed by atoms with Crippen LogP contribution in [0.3, 0.4) is 0 Å². The van der Waals surface area contributed by atoms with Crippen LogP contribution < -0.4 is 14.4 Å². The molecule has 0 radical (unpaired) electrons. The number of thiophene rings is 1. The highest BCUT2D eigenvalue weighted by Gasteiger charge is 2.22. The summed E-state index contributed by atoms with van der Waals surface area (Å²) in [6.45, 7) is 0.384. The van der Waals surface area contributed by atoms with Gasteiger partial charge >= 0.3 is 0 Å². The van der Waals surface area contributed by atoms with Crippen molar-refractivity contribution in [1.29, 1.82) is 0 Å². The molecule has 4 rings (SSSR count). The fourth-order valence-corrected chi connectivity index (χ4v) is 5.30. The number of methoxy groups -OCH3 is 1. The number of nitrogens with one attached hydrogen (secondary N) is 1. The molecule has 0 saturated carbocycles. The molecule has 7 nitrogen and oxygen atoms in total.